The van der Waals surface area contributed by atoms with E-state index in [0.717, 1.165) is 0 Å². The van der Waals surface area contributed by atoms with Crippen molar-refractivity contribution in [1.29, 1.82) is 0 Å². The van der Waals surface area contributed by atoms with Gasteiger partial charge >= 0.3 is 0 Å². The molecule has 0 aromatic carbocycles. The van der Waals surface area contributed by atoms with Crippen LogP contribution >= 0.6 is 11.6 Å². The van der Waals surface area contributed by atoms with Crippen molar-refractivity contribution in [3.8, 4) is 0 Å². The first kappa shape index (κ1) is 8.25. The molecule has 0 N–H and O–H groups in total. The maximum atomic E-state index is 5.61. The molecular formula is C8H9Cl. The van der Waals surface area contributed by atoms with Gasteiger partial charge in [-0.1, -0.05) is 43.0 Å². The molecule has 0 unspecified atom stereocenters. The highest BCUT2D eigenvalue weighted by Crippen LogP contribution is 2.01. The predicted molar refractivity (Wildman–Crippen MR) is 43.5 cm³/mol. The zero-order chi connectivity index (χ0) is 7.11. The molecule has 48 valence electrons. The Balaban J connectivity index is 3.88. The van der Waals surface area contributed by atoms with Gasteiger partial charge in [-0.2, -0.15) is 0 Å². The first-order valence-electron chi connectivity index (χ1n) is 2.58. The van der Waals surface area contributed by atoms with Crippen molar-refractivity contribution in [3.63, 3.8) is 0 Å². The minimum atomic E-state index is 0.657. The first-order valence-corrected chi connectivity index (χ1v) is 2.96. The van der Waals surface area contributed by atoms with Crippen LogP contribution in [0.1, 0.15) is 0 Å². The Hall–Kier alpha value is -0.750. The van der Waals surface area contributed by atoms with Crippen molar-refractivity contribution in [1.82, 2.24) is 0 Å². The van der Waals surface area contributed by atoms with Crippen molar-refractivity contribution in [2.75, 3.05) is 0 Å². The van der Waals surface area contributed by atoms with Gasteiger partial charge < -0.3 is 0 Å². The second kappa shape index (κ2) is 5.39. The van der Waals surface area contributed by atoms with Crippen LogP contribution in [0.4, 0.5) is 0 Å². The number of rotatable bonds is 3. The third-order valence-corrected chi connectivity index (χ3v) is 0.921. The van der Waals surface area contributed by atoms with E-state index in [1.54, 1.807) is 30.4 Å². The molecule has 0 rings (SSSR count). The van der Waals surface area contributed by atoms with E-state index in [9.17, 15) is 0 Å². The fourth-order valence-electron chi connectivity index (χ4n) is 0.328. The molecule has 0 bridgehead atoms. The van der Waals surface area contributed by atoms with Crippen molar-refractivity contribution in [2.45, 2.75) is 0 Å². The third kappa shape index (κ3) is 5.12. The zero-order valence-corrected chi connectivity index (χ0v) is 5.93. The molecule has 1 heteroatoms. The average molecular weight is 141 g/mol. The summed E-state index contributed by atoms with van der Waals surface area (Å²) in [6.45, 7) is 6.98. The van der Waals surface area contributed by atoms with Crippen LogP contribution in [-0.2, 0) is 0 Å². The van der Waals surface area contributed by atoms with Crippen LogP contribution in [0.15, 0.2) is 48.6 Å². The molecule has 0 radical (unpaired) electrons. The molecule has 0 heterocycles. The van der Waals surface area contributed by atoms with E-state index in [2.05, 4.69) is 13.2 Å². The van der Waals surface area contributed by atoms with Crippen molar-refractivity contribution in [2.24, 2.45) is 0 Å². The van der Waals surface area contributed by atoms with Gasteiger partial charge in [0.25, 0.3) is 0 Å². The number of hydrogen-bond donors (Lipinski definition) is 0. The van der Waals surface area contributed by atoms with Crippen LogP contribution in [0.3, 0.4) is 0 Å². The highest BCUT2D eigenvalue weighted by Gasteiger charge is 1.76. The third-order valence-electron chi connectivity index (χ3n) is 0.669. The molecular weight excluding hydrogens is 132 g/mol. The van der Waals surface area contributed by atoms with Crippen LogP contribution in [-0.4, -0.2) is 0 Å². The lowest BCUT2D eigenvalue weighted by molar-refractivity contribution is 1.85. The molecule has 0 saturated heterocycles. The van der Waals surface area contributed by atoms with E-state index in [4.69, 9.17) is 11.6 Å². The molecule has 0 aromatic heterocycles. The van der Waals surface area contributed by atoms with Gasteiger partial charge in [0.1, 0.15) is 0 Å². The Morgan fingerprint density at radius 1 is 1.22 bits per heavy atom. The molecule has 0 atom stereocenters. The fraction of sp³-hybridized carbons (Fsp3) is 0. The van der Waals surface area contributed by atoms with Gasteiger partial charge in [-0.25, -0.2) is 0 Å². The van der Waals surface area contributed by atoms with Gasteiger partial charge in [0.2, 0.25) is 0 Å². The summed E-state index contributed by atoms with van der Waals surface area (Å²) in [6, 6.07) is 0. The lowest BCUT2D eigenvalue weighted by Crippen LogP contribution is -1.57. The van der Waals surface area contributed by atoms with E-state index in [1.807, 2.05) is 0 Å². The van der Waals surface area contributed by atoms with Crippen LogP contribution in [0.25, 0.3) is 0 Å². The smallest absolute Gasteiger partial charge is 0.0405 e. The minimum absolute atomic E-state index is 0.657. The predicted octanol–water partition coefficient (Wildman–Crippen LogP) is 3.04. The normalized spacial score (nSPS) is 11.9. The summed E-state index contributed by atoms with van der Waals surface area (Å²) in [6.07, 6.45) is 8.52. The summed E-state index contributed by atoms with van der Waals surface area (Å²) in [5.74, 6) is 0. The molecule has 0 nitrogen and oxygen atoms in total. The maximum absolute atomic E-state index is 5.61. The van der Waals surface area contributed by atoms with Crippen molar-refractivity contribution >= 4 is 11.6 Å². The topological polar surface area (TPSA) is 0 Å². The van der Waals surface area contributed by atoms with Gasteiger partial charge in [0, 0.05) is 5.03 Å². The zero-order valence-electron chi connectivity index (χ0n) is 5.18. The number of hydrogen-bond acceptors (Lipinski definition) is 0. The summed E-state index contributed by atoms with van der Waals surface area (Å²) >= 11 is 5.61. The molecule has 9 heavy (non-hydrogen) atoms. The van der Waals surface area contributed by atoms with Gasteiger partial charge in [-0.15, -0.1) is 0 Å². The Morgan fingerprint density at radius 2 is 1.89 bits per heavy atom. The lowest BCUT2D eigenvalue weighted by atomic mass is 10.4. The maximum Gasteiger partial charge on any atom is 0.0405 e. The highest BCUT2D eigenvalue weighted by atomic mass is 35.5. The summed E-state index contributed by atoms with van der Waals surface area (Å²) in [4.78, 5) is 0. The molecule has 0 aromatic rings. The lowest BCUT2D eigenvalue weighted by Gasteiger charge is -1.80. The van der Waals surface area contributed by atoms with Gasteiger partial charge in [0.05, 0.1) is 0 Å². The van der Waals surface area contributed by atoms with Crippen LogP contribution in [0, 0.1) is 0 Å². The average Bonchev–Trinajstić information content (AvgIpc) is 1.85. The Labute approximate surface area is 60.8 Å². The Kier molecular flexibility index (Phi) is 4.94. The molecule has 0 saturated carbocycles. The Morgan fingerprint density at radius 3 is 2.33 bits per heavy atom. The fourth-order valence-corrected chi connectivity index (χ4v) is 0.490. The van der Waals surface area contributed by atoms with E-state index in [0.29, 0.717) is 5.03 Å². The minimum Gasteiger partial charge on any atom is -0.0991 e. The SMILES string of the molecule is C=CC=CC(Cl)=CC=C. The van der Waals surface area contributed by atoms with Gasteiger partial charge in [-0.3, -0.25) is 0 Å². The molecule has 0 spiro atoms. The van der Waals surface area contributed by atoms with E-state index in [-0.39, 0.29) is 0 Å². The molecule has 0 aliphatic carbocycles. The van der Waals surface area contributed by atoms with Crippen LogP contribution < -0.4 is 0 Å². The summed E-state index contributed by atoms with van der Waals surface area (Å²) in [7, 11) is 0. The first-order chi connectivity index (χ1) is 4.31. The van der Waals surface area contributed by atoms with Gasteiger partial charge in [0.15, 0.2) is 0 Å². The molecule has 0 aliphatic rings. The summed E-state index contributed by atoms with van der Waals surface area (Å²) in [5.41, 5.74) is 0. The van der Waals surface area contributed by atoms with E-state index >= 15 is 0 Å². The quantitative estimate of drug-likeness (QED) is 0.529. The van der Waals surface area contributed by atoms with Crippen molar-refractivity contribution in [3.05, 3.63) is 48.6 Å². The number of halogens is 1. The summed E-state index contributed by atoms with van der Waals surface area (Å²) < 4.78 is 0. The van der Waals surface area contributed by atoms with Crippen LogP contribution in [0.5, 0.6) is 0 Å². The number of allylic oxidation sites excluding steroid dienone is 6. The van der Waals surface area contributed by atoms with Crippen molar-refractivity contribution < 1.29 is 0 Å². The van der Waals surface area contributed by atoms with Gasteiger partial charge in [-0.05, 0) is 12.2 Å². The molecule has 0 fully saturated rings. The summed E-state index contributed by atoms with van der Waals surface area (Å²) in [5, 5.41) is 0.657. The largest absolute Gasteiger partial charge is 0.0991 e. The van der Waals surface area contributed by atoms with Crippen LogP contribution in [0.2, 0.25) is 0 Å². The monoisotopic (exact) mass is 140 g/mol. The second-order valence-corrected chi connectivity index (χ2v) is 1.82. The second-order valence-electron chi connectivity index (χ2n) is 1.38. The standard InChI is InChI=1S/C8H9Cl/c1-3-5-7-8(9)6-4-2/h3-7H,1-2H2. The highest BCUT2D eigenvalue weighted by molar-refractivity contribution is 6.31. The van der Waals surface area contributed by atoms with E-state index in [1.165, 1.54) is 0 Å². The van der Waals surface area contributed by atoms with E-state index < -0.39 is 0 Å². The molecule has 0 amide bonds. The molecule has 0 aliphatic heterocycles. The Bertz CT molecular complexity index is 152.